The molecule has 0 spiro atoms. The fourth-order valence-corrected chi connectivity index (χ4v) is 1.09. The minimum Gasteiger partial charge on any atom is -0.495 e. The third kappa shape index (κ3) is 1.72. The van der Waals surface area contributed by atoms with Crippen LogP contribution in [0.1, 0.15) is 12.5 Å². The molecule has 4 heteroatoms. The molecule has 13 heavy (non-hydrogen) atoms. The molecule has 0 aromatic heterocycles. The van der Waals surface area contributed by atoms with Crippen molar-refractivity contribution in [1.82, 2.24) is 0 Å². The van der Waals surface area contributed by atoms with Crippen molar-refractivity contribution in [2.75, 3.05) is 12.8 Å². The van der Waals surface area contributed by atoms with Crippen molar-refractivity contribution < 1.29 is 9.94 Å². The summed E-state index contributed by atoms with van der Waals surface area (Å²) in [6, 6.07) is 5.32. The molecule has 0 heterocycles. The third-order valence-electron chi connectivity index (χ3n) is 1.83. The van der Waals surface area contributed by atoms with Crippen molar-refractivity contribution in [1.29, 1.82) is 0 Å². The molecule has 0 aliphatic heterocycles. The molecule has 0 aliphatic carbocycles. The van der Waals surface area contributed by atoms with Gasteiger partial charge in [0.1, 0.15) is 5.75 Å². The fourth-order valence-electron chi connectivity index (χ4n) is 1.09. The number of rotatable bonds is 2. The standard InChI is InChI=1S/C9H12N2O2/c1-6(11-12)7-4-3-5-8(13-2)9(7)10/h3-5,12H,10H2,1-2H3/b11-6+. The molecule has 3 N–H and O–H groups in total. The molecule has 1 aromatic rings. The Labute approximate surface area is 76.6 Å². The first-order chi connectivity index (χ1) is 6.20. The van der Waals surface area contributed by atoms with Crippen molar-refractivity contribution in [3.05, 3.63) is 23.8 Å². The molecule has 0 fully saturated rings. The zero-order chi connectivity index (χ0) is 9.84. The van der Waals surface area contributed by atoms with E-state index in [9.17, 15) is 0 Å². The Morgan fingerprint density at radius 2 is 2.23 bits per heavy atom. The first-order valence-corrected chi connectivity index (χ1v) is 3.82. The molecule has 0 saturated heterocycles. The van der Waals surface area contributed by atoms with Gasteiger partial charge in [0.25, 0.3) is 0 Å². The number of benzene rings is 1. The van der Waals surface area contributed by atoms with E-state index in [1.165, 1.54) is 0 Å². The highest BCUT2D eigenvalue weighted by atomic mass is 16.5. The summed E-state index contributed by atoms with van der Waals surface area (Å²) in [4.78, 5) is 0. The SMILES string of the molecule is COc1cccc(/C(C)=N/O)c1N. The van der Waals surface area contributed by atoms with Crippen LogP contribution in [0, 0.1) is 0 Å². The lowest BCUT2D eigenvalue weighted by molar-refractivity contribution is 0.319. The van der Waals surface area contributed by atoms with Crippen LogP contribution in [-0.2, 0) is 0 Å². The Bertz CT molecular complexity index is 334. The maximum atomic E-state index is 8.57. The van der Waals surface area contributed by atoms with Gasteiger partial charge in [0.05, 0.1) is 18.5 Å². The van der Waals surface area contributed by atoms with Crippen LogP contribution in [-0.4, -0.2) is 18.0 Å². The van der Waals surface area contributed by atoms with E-state index >= 15 is 0 Å². The van der Waals surface area contributed by atoms with Gasteiger partial charge in [-0.15, -0.1) is 0 Å². The number of methoxy groups -OCH3 is 1. The van der Waals surface area contributed by atoms with E-state index in [2.05, 4.69) is 5.16 Å². The van der Waals surface area contributed by atoms with Gasteiger partial charge in [-0.1, -0.05) is 17.3 Å². The number of anilines is 1. The summed E-state index contributed by atoms with van der Waals surface area (Å²) in [6.45, 7) is 1.67. The largest absolute Gasteiger partial charge is 0.495 e. The van der Waals surface area contributed by atoms with E-state index in [1.54, 1.807) is 32.2 Å². The fraction of sp³-hybridized carbons (Fsp3) is 0.222. The molecule has 0 atom stereocenters. The van der Waals surface area contributed by atoms with Gasteiger partial charge < -0.3 is 15.7 Å². The lowest BCUT2D eigenvalue weighted by Gasteiger charge is -2.08. The quantitative estimate of drug-likeness (QED) is 0.313. The molecule has 1 aromatic carbocycles. The molecule has 0 saturated carbocycles. The Balaban J connectivity index is 3.23. The average Bonchev–Trinajstić information content (AvgIpc) is 2.17. The van der Waals surface area contributed by atoms with Crippen molar-refractivity contribution in [2.24, 2.45) is 5.16 Å². The number of nitrogen functional groups attached to an aromatic ring is 1. The van der Waals surface area contributed by atoms with Crippen LogP contribution >= 0.6 is 0 Å². The minimum absolute atomic E-state index is 0.469. The maximum Gasteiger partial charge on any atom is 0.142 e. The van der Waals surface area contributed by atoms with E-state index < -0.39 is 0 Å². The summed E-state index contributed by atoms with van der Waals surface area (Å²) < 4.78 is 5.02. The number of hydrogen-bond donors (Lipinski definition) is 2. The minimum atomic E-state index is 0.469. The third-order valence-corrected chi connectivity index (χ3v) is 1.83. The lowest BCUT2D eigenvalue weighted by Crippen LogP contribution is -2.02. The molecular formula is C9H12N2O2. The Hall–Kier alpha value is -1.71. The van der Waals surface area contributed by atoms with Gasteiger partial charge in [0.15, 0.2) is 0 Å². The first kappa shape index (κ1) is 9.38. The highest BCUT2D eigenvalue weighted by Gasteiger charge is 2.07. The summed E-state index contributed by atoms with van der Waals surface area (Å²) >= 11 is 0. The predicted molar refractivity (Wildman–Crippen MR) is 51.4 cm³/mol. The Morgan fingerprint density at radius 3 is 2.77 bits per heavy atom. The second-order valence-corrected chi connectivity index (χ2v) is 2.61. The zero-order valence-electron chi connectivity index (χ0n) is 7.61. The highest BCUT2D eigenvalue weighted by Crippen LogP contribution is 2.24. The highest BCUT2D eigenvalue weighted by molar-refractivity contribution is 6.03. The second-order valence-electron chi connectivity index (χ2n) is 2.61. The van der Waals surface area contributed by atoms with Crippen LogP contribution in [0.5, 0.6) is 5.75 Å². The number of oxime groups is 1. The van der Waals surface area contributed by atoms with E-state index in [1.807, 2.05) is 0 Å². The van der Waals surface area contributed by atoms with E-state index in [0.717, 1.165) is 0 Å². The lowest BCUT2D eigenvalue weighted by atomic mass is 10.1. The zero-order valence-corrected chi connectivity index (χ0v) is 7.61. The molecule has 70 valence electrons. The molecule has 0 amide bonds. The van der Waals surface area contributed by atoms with Crippen LogP contribution in [0.15, 0.2) is 23.4 Å². The number of ether oxygens (including phenoxy) is 1. The molecule has 0 unspecified atom stereocenters. The molecule has 1 rings (SSSR count). The summed E-state index contributed by atoms with van der Waals surface area (Å²) in [5.41, 5.74) is 7.39. The monoisotopic (exact) mass is 180 g/mol. The smallest absolute Gasteiger partial charge is 0.142 e. The van der Waals surface area contributed by atoms with Crippen molar-refractivity contribution in [3.8, 4) is 5.75 Å². The molecule has 0 bridgehead atoms. The van der Waals surface area contributed by atoms with Crippen molar-refractivity contribution in [3.63, 3.8) is 0 Å². The molecule has 0 radical (unpaired) electrons. The van der Waals surface area contributed by atoms with Gasteiger partial charge >= 0.3 is 0 Å². The van der Waals surface area contributed by atoms with Crippen molar-refractivity contribution in [2.45, 2.75) is 6.92 Å². The Kier molecular flexibility index (Phi) is 2.74. The van der Waals surface area contributed by atoms with Gasteiger partial charge in [-0.25, -0.2) is 0 Å². The first-order valence-electron chi connectivity index (χ1n) is 3.82. The molecule has 0 aliphatic rings. The van der Waals surface area contributed by atoms with E-state index in [-0.39, 0.29) is 0 Å². The Morgan fingerprint density at radius 1 is 1.54 bits per heavy atom. The topological polar surface area (TPSA) is 67.8 Å². The van der Waals surface area contributed by atoms with Crippen LogP contribution in [0.2, 0.25) is 0 Å². The van der Waals surface area contributed by atoms with Gasteiger partial charge in [-0.05, 0) is 13.0 Å². The second kappa shape index (κ2) is 3.80. The van der Waals surface area contributed by atoms with Gasteiger partial charge in [0.2, 0.25) is 0 Å². The van der Waals surface area contributed by atoms with Gasteiger partial charge in [-0.2, -0.15) is 0 Å². The van der Waals surface area contributed by atoms with E-state index in [4.69, 9.17) is 15.7 Å². The van der Waals surface area contributed by atoms with Gasteiger partial charge in [-0.3, -0.25) is 0 Å². The van der Waals surface area contributed by atoms with Gasteiger partial charge in [0, 0.05) is 5.56 Å². The summed E-state index contributed by atoms with van der Waals surface area (Å²) in [5, 5.41) is 11.6. The summed E-state index contributed by atoms with van der Waals surface area (Å²) in [7, 11) is 1.54. The van der Waals surface area contributed by atoms with Crippen LogP contribution in [0.25, 0.3) is 0 Å². The maximum absolute atomic E-state index is 8.57. The van der Waals surface area contributed by atoms with Crippen LogP contribution < -0.4 is 10.5 Å². The average molecular weight is 180 g/mol. The summed E-state index contributed by atoms with van der Waals surface area (Å²) in [5.74, 6) is 0.584. The number of nitrogens with two attached hydrogens (primary N) is 1. The predicted octanol–water partition coefficient (Wildman–Crippen LogP) is 1.48. The molecular weight excluding hydrogens is 168 g/mol. The van der Waals surface area contributed by atoms with Crippen molar-refractivity contribution >= 4 is 11.4 Å². The normalized spacial score (nSPS) is 11.4. The number of nitrogens with zero attached hydrogens (tertiary/aromatic N) is 1. The number of hydrogen-bond acceptors (Lipinski definition) is 4. The van der Waals surface area contributed by atoms with E-state index in [0.29, 0.717) is 22.7 Å². The van der Waals surface area contributed by atoms with Crippen LogP contribution in [0.3, 0.4) is 0 Å². The number of para-hydroxylation sites is 1. The van der Waals surface area contributed by atoms with Crippen LogP contribution in [0.4, 0.5) is 5.69 Å². The molecule has 4 nitrogen and oxygen atoms in total. The summed E-state index contributed by atoms with van der Waals surface area (Å²) in [6.07, 6.45) is 0.